The Hall–Kier alpha value is -1.08. The molecule has 102 valence electrons. The van der Waals surface area contributed by atoms with Crippen molar-refractivity contribution < 1.29 is 4.74 Å². The van der Waals surface area contributed by atoms with Gasteiger partial charge in [0.2, 0.25) is 0 Å². The van der Waals surface area contributed by atoms with Crippen molar-refractivity contribution in [3.05, 3.63) is 34.3 Å². The van der Waals surface area contributed by atoms with E-state index < -0.39 is 0 Å². The summed E-state index contributed by atoms with van der Waals surface area (Å²) in [6.45, 7) is 4.88. The number of hydrogen-bond donors (Lipinski definition) is 0. The van der Waals surface area contributed by atoms with Crippen molar-refractivity contribution in [3.8, 4) is 6.07 Å². The molecule has 0 bridgehead atoms. The average Bonchev–Trinajstić information content (AvgIpc) is 2.46. The highest BCUT2D eigenvalue weighted by molar-refractivity contribution is 6.31. The van der Waals surface area contributed by atoms with E-state index in [9.17, 15) is 0 Å². The van der Waals surface area contributed by atoms with Gasteiger partial charge in [0, 0.05) is 18.1 Å². The molecule has 2 rings (SSSR count). The van der Waals surface area contributed by atoms with Gasteiger partial charge >= 0.3 is 0 Å². The van der Waals surface area contributed by atoms with Crippen LogP contribution in [0.3, 0.4) is 0 Å². The molecule has 0 amide bonds. The van der Waals surface area contributed by atoms with Crippen LogP contribution in [0.2, 0.25) is 5.02 Å². The third-order valence-electron chi connectivity index (χ3n) is 3.49. The van der Waals surface area contributed by atoms with Crippen molar-refractivity contribution in [1.29, 1.82) is 5.26 Å². The molecule has 1 aromatic carbocycles. The summed E-state index contributed by atoms with van der Waals surface area (Å²) in [4.78, 5) is 2.43. The van der Waals surface area contributed by atoms with Crippen molar-refractivity contribution in [2.24, 2.45) is 0 Å². The first kappa shape index (κ1) is 14.3. The molecule has 0 N–H and O–H groups in total. The molecule has 0 saturated carbocycles. The zero-order chi connectivity index (χ0) is 13.5. The Morgan fingerprint density at radius 1 is 1.26 bits per heavy atom. The highest BCUT2D eigenvalue weighted by atomic mass is 35.5. The summed E-state index contributed by atoms with van der Waals surface area (Å²) < 4.78 is 5.33. The number of halogens is 1. The summed E-state index contributed by atoms with van der Waals surface area (Å²) in [5, 5.41) is 9.79. The van der Waals surface area contributed by atoms with Gasteiger partial charge in [-0.3, -0.25) is 4.90 Å². The molecule has 0 spiro atoms. The number of rotatable bonds is 5. The monoisotopic (exact) mass is 278 g/mol. The lowest BCUT2D eigenvalue weighted by molar-refractivity contribution is 0.0372. The number of morpholine rings is 1. The Kier molecular flexibility index (Phi) is 5.65. The predicted octanol–water partition coefficient (Wildman–Crippen LogP) is 2.87. The molecule has 0 aliphatic carbocycles. The van der Waals surface area contributed by atoms with Gasteiger partial charge in [-0.25, -0.2) is 0 Å². The minimum Gasteiger partial charge on any atom is -0.379 e. The fourth-order valence-electron chi connectivity index (χ4n) is 2.38. The summed E-state index contributed by atoms with van der Waals surface area (Å²) in [7, 11) is 0. The number of unbranched alkanes of at least 4 members (excludes halogenated alkanes) is 1. The van der Waals surface area contributed by atoms with Crippen LogP contribution in [0.15, 0.2) is 18.2 Å². The van der Waals surface area contributed by atoms with Gasteiger partial charge in [-0.1, -0.05) is 17.7 Å². The Morgan fingerprint density at radius 2 is 2.05 bits per heavy atom. The van der Waals surface area contributed by atoms with Crippen LogP contribution in [0.1, 0.15) is 24.0 Å². The third-order valence-corrected chi connectivity index (χ3v) is 3.85. The summed E-state index contributed by atoms with van der Waals surface area (Å²) in [6, 6.07) is 7.74. The SMILES string of the molecule is N#Cc1cccc(Cl)c1CCCCN1CCOCC1. The van der Waals surface area contributed by atoms with E-state index >= 15 is 0 Å². The molecule has 1 aromatic rings. The second-order valence-corrected chi connectivity index (χ2v) is 5.20. The normalized spacial score (nSPS) is 16.2. The maximum absolute atomic E-state index is 9.07. The van der Waals surface area contributed by atoms with Crippen molar-refractivity contribution in [1.82, 2.24) is 4.90 Å². The van der Waals surface area contributed by atoms with Crippen molar-refractivity contribution in [2.45, 2.75) is 19.3 Å². The number of benzene rings is 1. The van der Waals surface area contributed by atoms with Crippen LogP contribution in [0, 0.1) is 11.3 Å². The molecule has 3 nitrogen and oxygen atoms in total. The van der Waals surface area contributed by atoms with Crippen molar-refractivity contribution >= 4 is 11.6 Å². The van der Waals surface area contributed by atoms with E-state index in [1.165, 1.54) is 0 Å². The van der Waals surface area contributed by atoms with Crippen molar-refractivity contribution in [3.63, 3.8) is 0 Å². The van der Waals surface area contributed by atoms with Gasteiger partial charge < -0.3 is 4.74 Å². The molecule has 1 aliphatic heterocycles. The van der Waals surface area contributed by atoms with Gasteiger partial charge in [-0.2, -0.15) is 5.26 Å². The molecule has 1 saturated heterocycles. The minimum atomic E-state index is 0.707. The molecule has 1 heterocycles. The number of hydrogen-bond acceptors (Lipinski definition) is 3. The van der Waals surface area contributed by atoms with E-state index in [0.717, 1.165) is 57.7 Å². The molecule has 0 radical (unpaired) electrons. The average molecular weight is 279 g/mol. The quantitative estimate of drug-likeness (QED) is 0.777. The maximum atomic E-state index is 9.07. The van der Waals surface area contributed by atoms with Gasteiger partial charge in [0.15, 0.2) is 0 Å². The van der Waals surface area contributed by atoms with Crippen LogP contribution >= 0.6 is 11.6 Å². The topological polar surface area (TPSA) is 36.3 Å². The Bertz CT molecular complexity index is 450. The van der Waals surface area contributed by atoms with E-state index in [1.54, 1.807) is 0 Å². The lowest BCUT2D eigenvalue weighted by atomic mass is 10.0. The van der Waals surface area contributed by atoms with E-state index in [-0.39, 0.29) is 0 Å². The highest BCUT2D eigenvalue weighted by Crippen LogP contribution is 2.21. The van der Waals surface area contributed by atoms with Crippen LogP contribution in [0.4, 0.5) is 0 Å². The molecule has 0 atom stereocenters. The first-order valence-corrected chi connectivity index (χ1v) is 7.16. The maximum Gasteiger partial charge on any atom is 0.0995 e. The van der Waals surface area contributed by atoms with Gasteiger partial charge in [-0.05, 0) is 43.5 Å². The summed E-state index contributed by atoms with van der Waals surface area (Å²) >= 11 is 6.16. The number of nitriles is 1. The Morgan fingerprint density at radius 3 is 2.79 bits per heavy atom. The standard InChI is InChI=1S/C15H19ClN2O/c16-15-6-3-4-13(12-17)14(15)5-1-2-7-18-8-10-19-11-9-18/h3-4,6H,1-2,5,7-11H2. The minimum absolute atomic E-state index is 0.707. The fraction of sp³-hybridized carbons (Fsp3) is 0.533. The van der Waals surface area contributed by atoms with E-state index in [0.29, 0.717) is 10.6 Å². The number of nitrogens with zero attached hydrogens (tertiary/aromatic N) is 2. The Balaban J connectivity index is 1.78. The largest absolute Gasteiger partial charge is 0.379 e. The predicted molar refractivity (Wildman–Crippen MR) is 76.4 cm³/mol. The first-order chi connectivity index (χ1) is 9.31. The third kappa shape index (κ3) is 4.21. The molecular weight excluding hydrogens is 260 g/mol. The highest BCUT2D eigenvalue weighted by Gasteiger charge is 2.10. The number of ether oxygens (including phenoxy) is 1. The van der Waals surface area contributed by atoms with Gasteiger partial charge in [-0.15, -0.1) is 0 Å². The van der Waals surface area contributed by atoms with E-state index in [4.69, 9.17) is 21.6 Å². The smallest absolute Gasteiger partial charge is 0.0995 e. The summed E-state index contributed by atoms with van der Waals surface area (Å²) in [5.74, 6) is 0. The van der Waals surface area contributed by atoms with Crippen LogP contribution in [0.5, 0.6) is 0 Å². The van der Waals surface area contributed by atoms with Crippen LogP contribution in [-0.2, 0) is 11.2 Å². The van der Waals surface area contributed by atoms with Crippen LogP contribution in [0.25, 0.3) is 0 Å². The van der Waals surface area contributed by atoms with Gasteiger partial charge in [0.25, 0.3) is 0 Å². The second kappa shape index (κ2) is 7.49. The molecule has 1 fully saturated rings. The summed E-state index contributed by atoms with van der Waals surface area (Å²) in [5.41, 5.74) is 1.70. The zero-order valence-electron chi connectivity index (χ0n) is 11.1. The zero-order valence-corrected chi connectivity index (χ0v) is 11.8. The van der Waals surface area contributed by atoms with Gasteiger partial charge in [0.05, 0.1) is 24.8 Å². The molecule has 19 heavy (non-hydrogen) atoms. The summed E-state index contributed by atoms with van der Waals surface area (Å²) in [6.07, 6.45) is 3.08. The van der Waals surface area contributed by atoms with Crippen molar-refractivity contribution in [2.75, 3.05) is 32.8 Å². The molecule has 1 aliphatic rings. The molecule has 0 aromatic heterocycles. The van der Waals surface area contributed by atoms with E-state index in [2.05, 4.69) is 11.0 Å². The molecule has 4 heteroatoms. The molecule has 0 unspecified atom stereocenters. The molecular formula is C15H19ClN2O. The van der Waals surface area contributed by atoms with E-state index in [1.807, 2.05) is 18.2 Å². The fourth-order valence-corrected chi connectivity index (χ4v) is 2.65. The Labute approximate surface area is 119 Å². The van der Waals surface area contributed by atoms with Gasteiger partial charge in [0.1, 0.15) is 0 Å². The van der Waals surface area contributed by atoms with Crippen LogP contribution in [-0.4, -0.2) is 37.7 Å². The van der Waals surface area contributed by atoms with Crippen LogP contribution < -0.4 is 0 Å². The lowest BCUT2D eigenvalue weighted by Crippen LogP contribution is -2.36. The second-order valence-electron chi connectivity index (χ2n) is 4.79. The first-order valence-electron chi connectivity index (χ1n) is 6.79. The lowest BCUT2D eigenvalue weighted by Gasteiger charge is -2.26.